The zero-order chi connectivity index (χ0) is 14.7. The second-order valence-electron chi connectivity index (χ2n) is 4.07. The summed E-state index contributed by atoms with van der Waals surface area (Å²) >= 11 is 12.8. The molecule has 0 fully saturated rings. The van der Waals surface area contributed by atoms with E-state index in [1.807, 2.05) is 0 Å². The minimum atomic E-state index is -0.291. The normalized spacial score (nSPS) is 10.5. The summed E-state index contributed by atoms with van der Waals surface area (Å²) < 4.78 is 0.818. The average Bonchev–Trinajstić information content (AvgIpc) is 2.73. The molecule has 0 aliphatic rings. The lowest BCUT2D eigenvalue weighted by Crippen LogP contribution is -2.25. The first-order chi connectivity index (χ1) is 9.47. The largest absolute Gasteiger partial charge is 0.504 e. The minimum Gasteiger partial charge on any atom is -0.504 e. The molecule has 0 bridgehead atoms. The van der Waals surface area contributed by atoms with E-state index in [-0.39, 0.29) is 17.4 Å². The zero-order valence-electron chi connectivity index (χ0n) is 10.2. The highest BCUT2D eigenvalue weighted by Gasteiger charge is 2.13. The van der Waals surface area contributed by atoms with Crippen molar-refractivity contribution in [2.45, 2.75) is 6.42 Å². The van der Waals surface area contributed by atoms with Crippen LogP contribution in [-0.2, 0) is 6.42 Å². The number of phenolic OH excluding ortho intramolecular Hbond substituents is 2. The molecule has 7 heteroatoms. The number of thiophene rings is 1. The molecule has 0 spiro atoms. The van der Waals surface area contributed by atoms with Gasteiger partial charge in [0.2, 0.25) is 0 Å². The first kappa shape index (κ1) is 15.0. The molecule has 106 valence electrons. The van der Waals surface area contributed by atoms with Crippen molar-refractivity contribution in [3.63, 3.8) is 0 Å². The maximum Gasteiger partial charge on any atom is 0.253 e. The number of aromatic hydroxyl groups is 2. The minimum absolute atomic E-state index is 0.169. The van der Waals surface area contributed by atoms with Crippen molar-refractivity contribution in [2.24, 2.45) is 0 Å². The van der Waals surface area contributed by atoms with Crippen molar-refractivity contribution < 1.29 is 15.0 Å². The van der Waals surface area contributed by atoms with Gasteiger partial charge in [-0.3, -0.25) is 4.79 Å². The number of phenols is 2. The molecule has 0 saturated heterocycles. The first-order valence-electron chi connectivity index (χ1n) is 5.71. The molecule has 0 unspecified atom stereocenters. The van der Waals surface area contributed by atoms with E-state index >= 15 is 0 Å². The highest BCUT2D eigenvalue weighted by molar-refractivity contribution is 7.20. The molecule has 1 aromatic heterocycles. The SMILES string of the molecule is O=C(NCCc1ccc(O)c(O)c1)c1cc(Cl)sc1Cl. The van der Waals surface area contributed by atoms with E-state index in [1.165, 1.54) is 18.2 Å². The van der Waals surface area contributed by atoms with Crippen LogP contribution in [0.5, 0.6) is 11.5 Å². The van der Waals surface area contributed by atoms with Crippen molar-refractivity contribution in [3.05, 3.63) is 44.1 Å². The molecule has 0 atom stereocenters. The zero-order valence-corrected chi connectivity index (χ0v) is 12.5. The van der Waals surface area contributed by atoms with Gasteiger partial charge >= 0.3 is 0 Å². The van der Waals surface area contributed by atoms with Crippen LogP contribution in [0.1, 0.15) is 15.9 Å². The molecule has 0 aliphatic carbocycles. The summed E-state index contributed by atoms with van der Waals surface area (Å²) in [7, 11) is 0. The Morgan fingerprint density at radius 2 is 1.95 bits per heavy atom. The molecule has 2 aromatic rings. The summed E-state index contributed by atoms with van der Waals surface area (Å²) in [5.74, 6) is -0.639. The Kier molecular flexibility index (Phi) is 4.75. The lowest BCUT2D eigenvalue weighted by atomic mass is 10.1. The number of hydrogen-bond acceptors (Lipinski definition) is 4. The van der Waals surface area contributed by atoms with E-state index in [0.29, 0.717) is 27.2 Å². The molecule has 1 aromatic carbocycles. The number of carbonyl (C=O) groups is 1. The number of hydrogen-bond donors (Lipinski definition) is 3. The summed E-state index contributed by atoms with van der Waals surface area (Å²) in [5.41, 5.74) is 1.16. The van der Waals surface area contributed by atoms with Crippen LogP contribution in [0.4, 0.5) is 0 Å². The third kappa shape index (κ3) is 3.56. The third-order valence-corrected chi connectivity index (χ3v) is 4.13. The van der Waals surface area contributed by atoms with Crippen LogP contribution in [0.15, 0.2) is 24.3 Å². The van der Waals surface area contributed by atoms with E-state index in [9.17, 15) is 15.0 Å². The predicted molar refractivity (Wildman–Crippen MR) is 80.1 cm³/mol. The molecule has 1 amide bonds. The highest BCUT2D eigenvalue weighted by atomic mass is 35.5. The van der Waals surface area contributed by atoms with Crippen LogP contribution in [0, 0.1) is 0 Å². The molecule has 0 saturated carbocycles. The van der Waals surface area contributed by atoms with Crippen LogP contribution < -0.4 is 5.32 Å². The predicted octanol–water partition coefficient (Wildman–Crippen LogP) is 3.44. The molecule has 3 N–H and O–H groups in total. The molecular formula is C13H11Cl2NO3S. The Balaban J connectivity index is 1.91. The van der Waals surface area contributed by atoms with Crippen LogP contribution in [-0.4, -0.2) is 22.7 Å². The number of rotatable bonds is 4. The Morgan fingerprint density at radius 3 is 2.55 bits per heavy atom. The van der Waals surface area contributed by atoms with Crippen LogP contribution >= 0.6 is 34.5 Å². The fraction of sp³-hybridized carbons (Fsp3) is 0.154. The van der Waals surface area contributed by atoms with Gasteiger partial charge < -0.3 is 15.5 Å². The summed E-state index contributed by atoms with van der Waals surface area (Å²) in [6.45, 7) is 0.382. The molecule has 0 aliphatic heterocycles. The Bertz CT molecular complexity index is 643. The van der Waals surface area contributed by atoms with Gasteiger partial charge in [0.05, 0.1) is 9.90 Å². The van der Waals surface area contributed by atoms with Gasteiger partial charge in [-0.25, -0.2) is 0 Å². The maximum absolute atomic E-state index is 11.9. The number of amides is 1. The van der Waals surface area contributed by atoms with Gasteiger partial charge in [-0.1, -0.05) is 29.3 Å². The summed E-state index contributed by atoms with van der Waals surface area (Å²) in [6, 6.07) is 6.06. The van der Waals surface area contributed by atoms with E-state index in [4.69, 9.17) is 23.2 Å². The second kappa shape index (κ2) is 6.35. The van der Waals surface area contributed by atoms with Gasteiger partial charge in [-0.05, 0) is 30.2 Å². The number of carbonyl (C=O) groups excluding carboxylic acids is 1. The third-order valence-electron chi connectivity index (χ3n) is 2.64. The highest BCUT2D eigenvalue weighted by Crippen LogP contribution is 2.31. The van der Waals surface area contributed by atoms with E-state index < -0.39 is 0 Å². The van der Waals surface area contributed by atoms with Crippen molar-refractivity contribution in [2.75, 3.05) is 6.54 Å². The van der Waals surface area contributed by atoms with Crippen molar-refractivity contribution in [1.29, 1.82) is 0 Å². The molecule has 0 radical (unpaired) electrons. The smallest absolute Gasteiger partial charge is 0.253 e. The molecular weight excluding hydrogens is 321 g/mol. The number of nitrogens with one attached hydrogen (secondary N) is 1. The summed E-state index contributed by atoms with van der Waals surface area (Å²) in [5, 5.41) is 21.3. The van der Waals surface area contributed by atoms with E-state index in [0.717, 1.165) is 16.9 Å². The standard InChI is InChI=1S/C13H11Cl2NO3S/c14-11-6-8(12(15)20-11)13(19)16-4-3-7-1-2-9(17)10(18)5-7/h1-2,5-6,17-18H,3-4H2,(H,16,19). The van der Waals surface area contributed by atoms with Gasteiger partial charge in [0.15, 0.2) is 11.5 Å². The summed E-state index contributed by atoms with van der Waals surface area (Å²) in [4.78, 5) is 11.9. The van der Waals surface area contributed by atoms with Gasteiger partial charge in [0.25, 0.3) is 5.91 Å². The molecule has 20 heavy (non-hydrogen) atoms. The number of halogens is 2. The van der Waals surface area contributed by atoms with Crippen molar-refractivity contribution >= 4 is 40.4 Å². The maximum atomic E-state index is 11.9. The van der Waals surface area contributed by atoms with Gasteiger partial charge in [0, 0.05) is 6.54 Å². The monoisotopic (exact) mass is 331 g/mol. The van der Waals surface area contributed by atoms with Gasteiger partial charge in [-0.15, -0.1) is 11.3 Å². The second-order valence-corrected chi connectivity index (χ2v) is 6.35. The van der Waals surface area contributed by atoms with Gasteiger partial charge in [-0.2, -0.15) is 0 Å². The lowest BCUT2D eigenvalue weighted by molar-refractivity contribution is 0.0954. The topological polar surface area (TPSA) is 69.6 Å². The molecule has 1 heterocycles. The van der Waals surface area contributed by atoms with Gasteiger partial charge in [0.1, 0.15) is 4.34 Å². The molecule has 4 nitrogen and oxygen atoms in total. The Hall–Kier alpha value is -1.43. The van der Waals surface area contributed by atoms with Crippen molar-refractivity contribution in [1.82, 2.24) is 5.32 Å². The summed E-state index contributed by atoms with van der Waals surface area (Å²) in [6.07, 6.45) is 0.523. The van der Waals surface area contributed by atoms with Crippen molar-refractivity contribution in [3.8, 4) is 11.5 Å². The Morgan fingerprint density at radius 1 is 1.20 bits per heavy atom. The first-order valence-corrected chi connectivity index (χ1v) is 7.28. The lowest BCUT2D eigenvalue weighted by Gasteiger charge is -2.05. The van der Waals surface area contributed by atoms with E-state index in [1.54, 1.807) is 6.07 Å². The Labute approximate surface area is 129 Å². The quantitative estimate of drug-likeness (QED) is 0.751. The molecule has 2 rings (SSSR count). The van der Waals surface area contributed by atoms with Crippen LogP contribution in [0.3, 0.4) is 0 Å². The van der Waals surface area contributed by atoms with Crippen LogP contribution in [0.25, 0.3) is 0 Å². The van der Waals surface area contributed by atoms with Crippen LogP contribution in [0.2, 0.25) is 8.67 Å². The average molecular weight is 332 g/mol. The van der Waals surface area contributed by atoms with E-state index in [2.05, 4.69) is 5.32 Å². The fourth-order valence-corrected chi connectivity index (χ4v) is 3.09. The fourth-order valence-electron chi connectivity index (χ4n) is 1.64. The number of benzene rings is 1.